The van der Waals surface area contributed by atoms with Crippen LogP contribution in [0.3, 0.4) is 0 Å². The van der Waals surface area contributed by atoms with Crippen LogP contribution in [0.5, 0.6) is 0 Å². The molecule has 0 fully saturated rings. The first-order valence-corrected chi connectivity index (χ1v) is 21.0. The van der Waals surface area contributed by atoms with E-state index in [4.69, 9.17) is 4.74 Å². The Balaban J connectivity index is 0.000000273. The molecule has 0 saturated carbocycles. The Kier molecular flexibility index (Phi) is 18.8. The Bertz CT molecular complexity index is 2170. The Labute approximate surface area is 374 Å². The quantitative estimate of drug-likeness (QED) is 0.0883. The van der Waals surface area contributed by atoms with Crippen molar-refractivity contribution < 1.29 is 48.8 Å². The molecule has 336 valence electrons. The molecule has 0 unspecified atom stereocenters. The standard InChI is InChI=1S/C25H30N2O5.C23H26N2O5.ClH/c1-3-32-25(31)21(14-13-18-9-5-4-6-10-18)26-17(2)23(28)27-16-20-12-8-7-11-19(20)15-22(27)24(29)30;1-15(24-19(22(27)28)12-11-16-7-3-2-4-8-16)21(26)25-14-18-10-6-5-9-17(18)13-20(25)23(29)30;/h4-12,17,21-22,26H,3,13-16H2,1-2H3,(H,29,30);2-10,15,19-20,24H,11-14H2,1H3,(H,27,28)(H,29,30);1H/t17-,21-,22-;15-,19-,20-;/m00./s1. The van der Waals surface area contributed by atoms with Crippen LogP contribution in [0.4, 0.5) is 0 Å². The molecular formula is C48H57ClN4O10. The summed E-state index contributed by atoms with van der Waals surface area (Å²) in [6.45, 7) is 5.65. The van der Waals surface area contributed by atoms with E-state index in [0.29, 0.717) is 25.7 Å². The Morgan fingerprint density at radius 3 is 1.33 bits per heavy atom. The van der Waals surface area contributed by atoms with Crippen molar-refractivity contribution in [2.75, 3.05) is 6.61 Å². The number of aryl methyl sites for hydroxylation is 2. The van der Waals surface area contributed by atoms with Gasteiger partial charge in [0.2, 0.25) is 11.8 Å². The van der Waals surface area contributed by atoms with E-state index in [1.807, 2.05) is 109 Å². The average Bonchev–Trinajstić information content (AvgIpc) is 3.28. The summed E-state index contributed by atoms with van der Waals surface area (Å²) in [4.78, 5) is 77.0. The fraction of sp³-hybridized carbons (Fsp3) is 0.375. The summed E-state index contributed by atoms with van der Waals surface area (Å²) in [6.07, 6.45) is 2.49. The predicted octanol–water partition coefficient (Wildman–Crippen LogP) is 5.08. The van der Waals surface area contributed by atoms with Crippen molar-refractivity contribution in [2.24, 2.45) is 0 Å². The van der Waals surface area contributed by atoms with E-state index in [0.717, 1.165) is 33.4 Å². The molecule has 63 heavy (non-hydrogen) atoms. The van der Waals surface area contributed by atoms with Crippen LogP contribution >= 0.6 is 12.4 Å². The molecule has 6 atom stereocenters. The molecule has 4 aromatic rings. The molecule has 5 N–H and O–H groups in total. The number of carboxylic acid groups (broad SMARTS) is 3. The highest BCUT2D eigenvalue weighted by molar-refractivity contribution is 5.89. The second kappa shape index (κ2) is 23.9. The van der Waals surface area contributed by atoms with Gasteiger partial charge in [-0.05, 0) is 79.8 Å². The maximum atomic E-state index is 13.3. The second-order valence-electron chi connectivity index (χ2n) is 15.6. The summed E-state index contributed by atoms with van der Waals surface area (Å²) in [5.74, 6) is -4.31. The monoisotopic (exact) mass is 884 g/mol. The zero-order valence-corrected chi connectivity index (χ0v) is 36.5. The number of fused-ring (bicyclic) bond motifs is 2. The third-order valence-corrected chi connectivity index (χ3v) is 11.3. The van der Waals surface area contributed by atoms with Crippen molar-refractivity contribution in [3.8, 4) is 0 Å². The maximum absolute atomic E-state index is 13.3. The molecule has 2 heterocycles. The van der Waals surface area contributed by atoms with E-state index in [1.165, 1.54) is 9.80 Å². The number of nitrogens with zero attached hydrogens (tertiary/aromatic N) is 2. The molecule has 0 radical (unpaired) electrons. The van der Waals surface area contributed by atoms with Gasteiger partial charge in [-0.2, -0.15) is 0 Å². The van der Waals surface area contributed by atoms with Crippen LogP contribution in [-0.4, -0.2) is 104 Å². The molecule has 4 aromatic carbocycles. The topological polar surface area (TPSA) is 203 Å². The number of ether oxygens (including phenoxy) is 1. The van der Waals surface area contributed by atoms with E-state index in [-0.39, 0.29) is 50.9 Å². The first kappa shape index (κ1) is 49.6. The van der Waals surface area contributed by atoms with Crippen LogP contribution in [0.1, 0.15) is 67.0 Å². The van der Waals surface area contributed by atoms with E-state index in [1.54, 1.807) is 20.8 Å². The second-order valence-corrected chi connectivity index (χ2v) is 15.6. The minimum atomic E-state index is -1.07. The van der Waals surface area contributed by atoms with Gasteiger partial charge in [-0.1, -0.05) is 109 Å². The first-order chi connectivity index (χ1) is 29.8. The molecule has 0 aliphatic carbocycles. The zero-order valence-electron chi connectivity index (χ0n) is 35.7. The molecule has 6 rings (SSSR count). The fourth-order valence-electron chi connectivity index (χ4n) is 7.90. The SMILES string of the molecule is CCOC(=O)[C@H](CCc1ccccc1)N[C@@H](C)C(=O)N1Cc2ccccc2C[C@H]1C(=O)O.C[C@H](N[C@@H](CCc1ccccc1)C(=O)O)C(=O)N1Cc2ccccc2C[C@H]1C(=O)O.Cl. The lowest BCUT2D eigenvalue weighted by Gasteiger charge is -2.36. The van der Waals surface area contributed by atoms with Gasteiger partial charge in [-0.25, -0.2) is 9.59 Å². The summed E-state index contributed by atoms with van der Waals surface area (Å²) >= 11 is 0. The number of hydrogen-bond donors (Lipinski definition) is 5. The van der Waals surface area contributed by atoms with Crippen molar-refractivity contribution in [1.29, 1.82) is 0 Å². The lowest BCUT2D eigenvalue weighted by molar-refractivity contribution is -0.153. The van der Waals surface area contributed by atoms with Gasteiger partial charge < -0.3 is 29.9 Å². The summed E-state index contributed by atoms with van der Waals surface area (Å²) in [6, 6.07) is 29.3. The lowest BCUT2D eigenvalue weighted by atomic mass is 9.93. The van der Waals surface area contributed by atoms with Crippen molar-refractivity contribution in [3.63, 3.8) is 0 Å². The predicted molar refractivity (Wildman–Crippen MR) is 238 cm³/mol. The van der Waals surface area contributed by atoms with Crippen molar-refractivity contribution in [2.45, 2.75) is 109 Å². The summed E-state index contributed by atoms with van der Waals surface area (Å²) in [7, 11) is 0. The number of aliphatic carboxylic acids is 3. The highest BCUT2D eigenvalue weighted by atomic mass is 35.5. The molecular weight excluding hydrogens is 828 g/mol. The van der Waals surface area contributed by atoms with Crippen LogP contribution < -0.4 is 10.6 Å². The molecule has 14 nitrogen and oxygen atoms in total. The molecule has 2 aliphatic rings. The third-order valence-electron chi connectivity index (χ3n) is 11.3. The van der Waals surface area contributed by atoms with Gasteiger partial charge in [0.15, 0.2) is 0 Å². The molecule has 0 aromatic heterocycles. The molecule has 15 heteroatoms. The van der Waals surface area contributed by atoms with Gasteiger partial charge in [-0.3, -0.25) is 29.8 Å². The minimum Gasteiger partial charge on any atom is -0.480 e. The fourth-order valence-corrected chi connectivity index (χ4v) is 7.90. The van der Waals surface area contributed by atoms with E-state index < -0.39 is 66.0 Å². The molecule has 2 aliphatic heterocycles. The van der Waals surface area contributed by atoms with Crippen molar-refractivity contribution in [3.05, 3.63) is 143 Å². The number of rotatable bonds is 17. The van der Waals surface area contributed by atoms with Gasteiger partial charge in [-0.15, -0.1) is 12.4 Å². The van der Waals surface area contributed by atoms with Crippen LogP contribution in [0, 0.1) is 0 Å². The maximum Gasteiger partial charge on any atom is 0.326 e. The number of hydrogen-bond acceptors (Lipinski definition) is 9. The Morgan fingerprint density at radius 1 is 0.587 bits per heavy atom. The third kappa shape index (κ3) is 13.7. The number of carbonyl (C=O) groups is 6. The smallest absolute Gasteiger partial charge is 0.326 e. The van der Waals surface area contributed by atoms with Crippen LogP contribution in [0.15, 0.2) is 109 Å². The molecule has 0 bridgehead atoms. The number of amides is 2. The van der Waals surface area contributed by atoms with Gasteiger partial charge in [0.25, 0.3) is 0 Å². The van der Waals surface area contributed by atoms with Gasteiger partial charge in [0.05, 0.1) is 18.7 Å². The van der Waals surface area contributed by atoms with Crippen molar-refractivity contribution >= 4 is 48.1 Å². The van der Waals surface area contributed by atoms with E-state index >= 15 is 0 Å². The van der Waals surface area contributed by atoms with Gasteiger partial charge in [0, 0.05) is 25.9 Å². The summed E-state index contributed by atoms with van der Waals surface area (Å²) in [5, 5.41) is 34.9. The minimum absolute atomic E-state index is 0. The summed E-state index contributed by atoms with van der Waals surface area (Å²) in [5.41, 5.74) is 5.81. The van der Waals surface area contributed by atoms with Crippen molar-refractivity contribution in [1.82, 2.24) is 20.4 Å². The highest BCUT2D eigenvalue weighted by Crippen LogP contribution is 2.26. The number of nitrogens with one attached hydrogen (secondary N) is 2. The largest absolute Gasteiger partial charge is 0.480 e. The molecule has 2 amide bonds. The number of carboxylic acids is 3. The van der Waals surface area contributed by atoms with E-state index in [2.05, 4.69) is 10.6 Å². The Morgan fingerprint density at radius 2 is 0.952 bits per heavy atom. The van der Waals surface area contributed by atoms with Gasteiger partial charge in [0.1, 0.15) is 24.2 Å². The van der Waals surface area contributed by atoms with E-state index in [9.17, 15) is 44.1 Å². The van der Waals surface area contributed by atoms with Crippen LogP contribution in [0.25, 0.3) is 0 Å². The summed E-state index contributed by atoms with van der Waals surface area (Å²) < 4.78 is 5.20. The molecule has 0 spiro atoms. The Hall–Kier alpha value is -6.09. The van der Waals surface area contributed by atoms with Gasteiger partial charge >= 0.3 is 23.9 Å². The highest BCUT2D eigenvalue weighted by Gasteiger charge is 2.39. The lowest BCUT2D eigenvalue weighted by Crippen LogP contribution is -2.56. The average molecular weight is 885 g/mol. The zero-order chi connectivity index (χ0) is 44.8. The normalized spacial score (nSPS) is 17.1. The first-order valence-electron chi connectivity index (χ1n) is 21.0. The molecule has 0 saturated heterocycles. The number of carbonyl (C=O) groups excluding carboxylic acids is 3. The van der Waals surface area contributed by atoms with Crippen LogP contribution in [-0.2, 0) is 72.3 Å². The number of benzene rings is 4. The number of halogens is 1. The number of esters is 1. The van der Waals surface area contributed by atoms with Crippen LogP contribution in [0.2, 0.25) is 0 Å².